The highest BCUT2D eigenvalue weighted by Gasteiger charge is 2.43. The molecule has 3 heterocycles. The van der Waals surface area contributed by atoms with Crippen LogP contribution in [0.3, 0.4) is 0 Å². The van der Waals surface area contributed by atoms with E-state index >= 15 is 0 Å². The number of hydrogen-bond acceptors (Lipinski definition) is 4. The summed E-state index contributed by atoms with van der Waals surface area (Å²) in [7, 11) is 0. The van der Waals surface area contributed by atoms with Gasteiger partial charge in [-0.15, -0.1) is 0 Å². The molecular weight excluding hydrogens is 364 g/mol. The first kappa shape index (κ1) is 19.6. The van der Waals surface area contributed by atoms with Crippen molar-refractivity contribution in [1.82, 2.24) is 9.88 Å². The number of nitrogens with zero attached hydrogens (tertiary/aromatic N) is 2. The van der Waals surface area contributed by atoms with Gasteiger partial charge in [0.1, 0.15) is 12.4 Å². The molecule has 1 amide bonds. The summed E-state index contributed by atoms with van der Waals surface area (Å²) in [5.74, 6) is 0.253. The van der Waals surface area contributed by atoms with Gasteiger partial charge in [-0.3, -0.25) is 9.78 Å². The van der Waals surface area contributed by atoms with Crippen molar-refractivity contribution >= 4 is 11.9 Å². The molecule has 29 heavy (non-hydrogen) atoms. The number of piperidine rings is 2. The smallest absolute Gasteiger partial charge is 0.410 e. The topological polar surface area (TPSA) is 59.5 Å². The van der Waals surface area contributed by atoms with Crippen LogP contribution in [-0.4, -0.2) is 33.8 Å². The fraction of sp³-hybridized carbons (Fsp3) is 0.458. The molecule has 2 saturated heterocycles. The Kier molecular flexibility index (Phi) is 5.93. The summed E-state index contributed by atoms with van der Waals surface area (Å²) in [6.07, 6.45) is 4.62. The molecule has 0 saturated carbocycles. The van der Waals surface area contributed by atoms with Crippen LogP contribution < -0.4 is 0 Å². The third kappa shape index (κ3) is 4.66. The van der Waals surface area contributed by atoms with E-state index in [-0.39, 0.29) is 36.5 Å². The summed E-state index contributed by atoms with van der Waals surface area (Å²) in [6, 6.07) is 15.8. The van der Waals surface area contributed by atoms with Crippen molar-refractivity contribution in [2.45, 2.75) is 64.1 Å². The van der Waals surface area contributed by atoms with E-state index < -0.39 is 0 Å². The molecular formula is C24H28N2O3. The average Bonchev–Trinajstić information content (AvgIpc) is 2.72. The highest BCUT2D eigenvalue weighted by Crippen LogP contribution is 2.38. The second-order valence-corrected chi connectivity index (χ2v) is 8.27. The number of aromatic nitrogens is 1. The third-order valence-electron chi connectivity index (χ3n) is 6.15. The van der Waals surface area contributed by atoms with Crippen molar-refractivity contribution in [1.29, 1.82) is 0 Å². The van der Waals surface area contributed by atoms with E-state index in [1.165, 1.54) is 0 Å². The SMILES string of the molecule is Cc1cccc(CC(=O)C2CC3CCCC(C2)N3C(=O)OCc2ccccc2)n1. The molecule has 4 rings (SSSR count). The lowest BCUT2D eigenvalue weighted by Gasteiger charge is -2.47. The van der Waals surface area contributed by atoms with Crippen LogP contribution in [-0.2, 0) is 22.6 Å². The zero-order valence-electron chi connectivity index (χ0n) is 16.9. The lowest BCUT2D eigenvalue weighted by atomic mass is 9.76. The van der Waals surface area contributed by atoms with Gasteiger partial charge in [-0.25, -0.2) is 4.79 Å². The van der Waals surface area contributed by atoms with Crippen molar-refractivity contribution < 1.29 is 14.3 Å². The van der Waals surface area contributed by atoms with Gasteiger partial charge >= 0.3 is 6.09 Å². The summed E-state index contributed by atoms with van der Waals surface area (Å²) in [4.78, 5) is 32.1. The molecule has 2 atom stereocenters. The van der Waals surface area contributed by atoms with Gasteiger partial charge < -0.3 is 9.64 Å². The van der Waals surface area contributed by atoms with E-state index in [1.807, 2.05) is 60.4 Å². The van der Waals surface area contributed by atoms with Gasteiger partial charge in [0, 0.05) is 35.8 Å². The van der Waals surface area contributed by atoms with Crippen LogP contribution in [0, 0.1) is 12.8 Å². The zero-order chi connectivity index (χ0) is 20.2. The fourth-order valence-corrected chi connectivity index (χ4v) is 4.76. The van der Waals surface area contributed by atoms with E-state index in [4.69, 9.17) is 4.74 Å². The fourth-order valence-electron chi connectivity index (χ4n) is 4.76. The standard InChI is InChI=1S/C24H28N2O3/c1-17-7-5-10-20(25-17)15-23(27)19-13-21-11-6-12-22(14-19)26(21)24(28)29-16-18-8-3-2-4-9-18/h2-5,7-10,19,21-22H,6,11-16H2,1H3. The molecule has 152 valence electrons. The first-order chi connectivity index (χ1) is 14.1. The van der Waals surface area contributed by atoms with Crippen molar-refractivity contribution in [3.8, 4) is 0 Å². The van der Waals surface area contributed by atoms with Crippen LogP contribution in [0.4, 0.5) is 4.79 Å². The summed E-state index contributed by atoms with van der Waals surface area (Å²) in [6.45, 7) is 2.23. The normalized spacial score (nSPS) is 23.5. The number of amides is 1. The summed E-state index contributed by atoms with van der Waals surface area (Å²) in [5, 5.41) is 0. The van der Waals surface area contributed by atoms with Gasteiger partial charge in [-0.05, 0) is 56.7 Å². The third-order valence-corrected chi connectivity index (χ3v) is 6.15. The Balaban J connectivity index is 1.38. The molecule has 2 aliphatic heterocycles. The molecule has 5 nitrogen and oxygen atoms in total. The van der Waals surface area contributed by atoms with E-state index in [0.29, 0.717) is 6.42 Å². The lowest BCUT2D eigenvalue weighted by Crippen LogP contribution is -2.55. The monoisotopic (exact) mass is 392 g/mol. The molecule has 1 aromatic carbocycles. The predicted octanol–water partition coefficient (Wildman–Crippen LogP) is 4.47. The highest BCUT2D eigenvalue weighted by molar-refractivity contribution is 5.83. The number of rotatable bonds is 5. The molecule has 2 bridgehead atoms. The number of benzene rings is 1. The van der Waals surface area contributed by atoms with E-state index in [0.717, 1.165) is 49.1 Å². The van der Waals surface area contributed by atoms with Crippen LogP contribution >= 0.6 is 0 Å². The molecule has 0 N–H and O–H groups in total. The minimum atomic E-state index is -0.241. The van der Waals surface area contributed by atoms with Gasteiger partial charge in [-0.1, -0.05) is 36.4 Å². The van der Waals surface area contributed by atoms with Gasteiger partial charge in [0.25, 0.3) is 0 Å². The number of fused-ring (bicyclic) bond motifs is 2. The Labute approximate surface area is 172 Å². The second kappa shape index (κ2) is 8.76. The first-order valence-corrected chi connectivity index (χ1v) is 10.5. The molecule has 0 aliphatic carbocycles. The van der Waals surface area contributed by atoms with Crippen molar-refractivity contribution in [2.24, 2.45) is 5.92 Å². The maximum Gasteiger partial charge on any atom is 0.410 e. The summed E-state index contributed by atoms with van der Waals surface area (Å²) >= 11 is 0. The maximum atomic E-state index is 12.9. The summed E-state index contributed by atoms with van der Waals surface area (Å²) < 4.78 is 5.60. The first-order valence-electron chi connectivity index (χ1n) is 10.5. The Bertz CT molecular complexity index is 853. The van der Waals surface area contributed by atoms with Crippen molar-refractivity contribution in [3.05, 3.63) is 65.5 Å². The molecule has 2 aliphatic rings. The highest BCUT2D eigenvalue weighted by atomic mass is 16.6. The second-order valence-electron chi connectivity index (χ2n) is 8.27. The van der Waals surface area contributed by atoms with Gasteiger partial charge in [-0.2, -0.15) is 0 Å². The average molecular weight is 392 g/mol. The molecule has 2 aromatic rings. The molecule has 2 fully saturated rings. The van der Waals surface area contributed by atoms with Crippen LogP contribution in [0.25, 0.3) is 0 Å². The molecule has 0 spiro atoms. The Hall–Kier alpha value is -2.69. The minimum absolute atomic E-state index is 0.00536. The molecule has 1 aromatic heterocycles. The molecule has 0 radical (unpaired) electrons. The lowest BCUT2D eigenvalue weighted by molar-refractivity contribution is -0.126. The number of Topliss-reactive ketones (excluding diaryl/α,β-unsaturated/α-hetero) is 1. The van der Waals surface area contributed by atoms with E-state index in [9.17, 15) is 9.59 Å². The molecule has 2 unspecified atom stereocenters. The summed E-state index contributed by atoms with van der Waals surface area (Å²) in [5.41, 5.74) is 2.76. The maximum absolute atomic E-state index is 12.9. The van der Waals surface area contributed by atoms with Gasteiger partial charge in [0.2, 0.25) is 0 Å². The van der Waals surface area contributed by atoms with Crippen LogP contribution in [0.2, 0.25) is 0 Å². The molecule has 5 heteroatoms. The Morgan fingerprint density at radius 2 is 1.76 bits per heavy atom. The number of hydrogen-bond donors (Lipinski definition) is 0. The van der Waals surface area contributed by atoms with Crippen LogP contribution in [0.5, 0.6) is 0 Å². The van der Waals surface area contributed by atoms with Gasteiger partial charge in [0.05, 0.1) is 0 Å². The van der Waals surface area contributed by atoms with Crippen molar-refractivity contribution in [2.75, 3.05) is 0 Å². The Morgan fingerprint density at radius 3 is 2.45 bits per heavy atom. The largest absolute Gasteiger partial charge is 0.445 e. The van der Waals surface area contributed by atoms with E-state index in [1.54, 1.807) is 0 Å². The number of carbonyl (C=O) groups is 2. The number of ether oxygens (including phenoxy) is 1. The quantitative estimate of drug-likeness (QED) is 0.753. The Morgan fingerprint density at radius 1 is 1.03 bits per heavy atom. The number of carbonyl (C=O) groups excluding carboxylic acids is 2. The van der Waals surface area contributed by atoms with E-state index in [2.05, 4.69) is 4.98 Å². The zero-order valence-corrected chi connectivity index (χ0v) is 16.9. The van der Waals surface area contributed by atoms with Gasteiger partial charge in [0.15, 0.2) is 0 Å². The van der Waals surface area contributed by atoms with Crippen molar-refractivity contribution in [3.63, 3.8) is 0 Å². The predicted molar refractivity (Wildman–Crippen MR) is 110 cm³/mol. The number of aryl methyl sites for hydroxylation is 1. The van der Waals surface area contributed by atoms with Crippen LogP contribution in [0.15, 0.2) is 48.5 Å². The number of ketones is 1. The van der Waals surface area contributed by atoms with Crippen LogP contribution in [0.1, 0.15) is 49.1 Å². The minimum Gasteiger partial charge on any atom is -0.445 e. The number of pyridine rings is 1.